The summed E-state index contributed by atoms with van der Waals surface area (Å²) in [7, 11) is 0. The molecule has 0 aliphatic carbocycles. The first-order valence-electron chi connectivity index (χ1n) is 3.26. The molecule has 0 aromatic carbocycles. The highest BCUT2D eigenvalue weighted by atomic mass is 16.3. The third kappa shape index (κ3) is 370. The fourth-order valence-corrected chi connectivity index (χ4v) is 0. The Labute approximate surface area is 74.1 Å². The molecular formula is C8H20O4. The van der Waals surface area contributed by atoms with Crippen LogP contribution in [0.1, 0.15) is 0 Å². The molecule has 0 rings (SSSR count). The molecule has 0 heterocycles. The molecule has 0 atom stereocenters. The highest BCUT2D eigenvalue weighted by Crippen LogP contribution is 1.40. The van der Waals surface area contributed by atoms with Crippen LogP contribution in [0.3, 0.4) is 0 Å². The summed E-state index contributed by atoms with van der Waals surface area (Å²) in [5.74, 6) is 0. The topological polar surface area (TPSA) is 80.9 Å². The van der Waals surface area contributed by atoms with Crippen LogP contribution < -0.4 is 0 Å². The fourth-order valence-electron chi connectivity index (χ4n) is 0. The molecule has 0 aliphatic heterocycles. The molecule has 0 fully saturated rings. The smallest absolute Gasteiger partial charge is 0.0662 e. The maximum Gasteiger partial charge on any atom is 0.0662 e. The number of aliphatic hydroxyl groups is 4. The van der Waals surface area contributed by atoms with Crippen LogP contribution in [0.4, 0.5) is 0 Å². The van der Waals surface area contributed by atoms with Crippen molar-refractivity contribution < 1.29 is 20.4 Å². The SMILES string of the molecule is C=C.C=C.OCCO.OCCO. The van der Waals surface area contributed by atoms with Gasteiger partial charge >= 0.3 is 0 Å². The van der Waals surface area contributed by atoms with Crippen molar-refractivity contribution in [2.75, 3.05) is 26.4 Å². The largest absolute Gasteiger partial charge is 0.394 e. The zero-order chi connectivity index (χ0) is 10.8. The van der Waals surface area contributed by atoms with Gasteiger partial charge in [-0.1, -0.05) is 0 Å². The summed E-state index contributed by atoms with van der Waals surface area (Å²) in [6.45, 7) is 11.5. The summed E-state index contributed by atoms with van der Waals surface area (Å²) < 4.78 is 0. The second kappa shape index (κ2) is 81.3. The van der Waals surface area contributed by atoms with Gasteiger partial charge in [0.05, 0.1) is 26.4 Å². The minimum atomic E-state index is -0.125. The van der Waals surface area contributed by atoms with E-state index in [0.29, 0.717) is 0 Å². The predicted molar refractivity (Wildman–Crippen MR) is 50.9 cm³/mol. The Balaban J connectivity index is -0.0000000380. The molecule has 0 aromatic rings. The van der Waals surface area contributed by atoms with Crippen LogP contribution >= 0.6 is 0 Å². The molecule has 0 unspecified atom stereocenters. The van der Waals surface area contributed by atoms with E-state index in [0.717, 1.165) is 0 Å². The van der Waals surface area contributed by atoms with Gasteiger partial charge in [-0.25, -0.2) is 0 Å². The van der Waals surface area contributed by atoms with Gasteiger partial charge in [-0.3, -0.25) is 0 Å². The number of aliphatic hydroxyl groups excluding tert-OH is 4. The van der Waals surface area contributed by atoms with E-state index in [4.69, 9.17) is 20.4 Å². The Morgan fingerprint density at radius 2 is 0.583 bits per heavy atom. The van der Waals surface area contributed by atoms with Gasteiger partial charge in [-0.15, -0.1) is 26.3 Å². The molecular weight excluding hydrogens is 160 g/mol. The molecule has 4 heteroatoms. The average Bonchev–Trinajstić information content (AvgIpc) is 2.23. The summed E-state index contributed by atoms with van der Waals surface area (Å²) in [6, 6.07) is 0. The van der Waals surface area contributed by atoms with Gasteiger partial charge in [0.1, 0.15) is 0 Å². The van der Waals surface area contributed by atoms with E-state index in [1.165, 1.54) is 0 Å². The molecule has 0 spiro atoms. The van der Waals surface area contributed by atoms with E-state index >= 15 is 0 Å². The molecule has 12 heavy (non-hydrogen) atoms. The average molecular weight is 180 g/mol. The molecule has 0 amide bonds. The summed E-state index contributed by atoms with van der Waals surface area (Å²) in [5.41, 5.74) is 0. The molecule has 0 aliphatic rings. The minimum absolute atomic E-state index is 0.125. The van der Waals surface area contributed by atoms with E-state index in [-0.39, 0.29) is 26.4 Å². The Bertz CT molecular complexity index is 32.0. The molecule has 0 saturated heterocycles. The zero-order valence-corrected chi connectivity index (χ0v) is 7.45. The lowest BCUT2D eigenvalue weighted by atomic mass is 10.8. The maximum atomic E-state index is 7.62. The van der Waals surface area contributed by atoms with Gasteiger partial charge in [-0.05, 0) is 0 Å². The molecule has 4 N–H and O–H groups in total. The number of hydrogen-bond donors (Lipinski definition) is 4. The molecule has 0 bridgehead atoms. The number of rotatable bonds is 2. The normalized spacial score (nSPS) is 5.67. The van der Waals surface area contributed by atoms with Crippen molar-refractivity contribution in [2.24, 2.45) is 0 Å². The van der Waals surface area contributed by atoms with Gasteiger partial charge in [0.15, 0.2) is 0 Å². The third-order valence-electron chi connectivity index (χ3n) is 0.200. The van der Waals surface area contributed by atoms with E-state index in [1.54, 1.807) is 0 Å². The van der Waals surface area contributed by atoms with Crippen LogP contribution in [-0.2, 0) is 0 Å². The lowest BCUT2D eigenvalue weighted by Gasteiger charge is -1.70. The number of hydrogen-bond acceptors (Lipinski definition) is 4. The van der Waals surface area contributed by atoms with Crippen molar-refractivity contribution in [3.8, 4) is 0 Å². The monoisotopic (exact) mass is 180 g/mol. The van der Waals surface area contributed by atoms with Crippen LogP contribution in [0.15, 0.2) is 26.3 Å². The predicted octanol–water partition coefficient (Wildman–Crippen LogP) is -0.454. The first kappa shape index (κ1) is 22.5. The second-order valence-corrected chi connectivity index (χ2v) is 0.894. The zero-order valence-electron chi connectivity index (χ0n) is 7.45. The second-order valence-electron chi connectivity index (χ2n) is 0.894. The lowest BCUT2D eigenvalue weighted by Crippen LogP contribution is -1.85. The van der Waals surface area contributed by atoms with E-state index in [2.05, 4.69) is 26.3 Å². The summed E-state index contributed by atoms with van der Waals surface area (Å²) in [6.07, 6.45) is 0. The van der Waals surface area contributed by atoms with E-state index < -0.39 is 0 Å². The molecule has 0 aromatic heterocycles. The first-order chi connectivity index (χ1) is 5.83. The quantitative estimate of drug-likeness (QED) is 0.434. The lowest BCUT2D eigenvalue weighted by molar-refractivity contribution is 0.186. The highest BCUT2D eigenvalue weighted by molar-refractivity contribution is 4.22. The van der Waals surface area contributed by atoms with Crippen LogP contribution in [0.5, 0.6) is 0 Å². The summed E-state index contributed by atoms with van der Waals surface area (Å²) in [4.78, 5) is 0. The van der Waals surface area contributed by atoms with E-state index in [1.807, 2.05) is 0 Å². The van der Waals surface area contributed by atoms with Crippen molar-refractivity contribution in [3.63, 3.8) is 0 Å². The van der Waals surface area contributed by atoms with Crippen molar-refractivity contribution in [3.05, 3.63) is 26.3 Å². The molecule has 4 nitrogen and oxygen atoms in total. The van der Waals surface area contributed by atoms with Crippen molar-refractivity contribution in [2.45, 2.75) is 0 Å². The molecule has 76 valence electrons. The van der Waals surface area contributed by atoms with Crippen LogP contribution in [0.2, 0.25) is 0 Å². The summed E-state index contributed by atoms with van der Waals surface area (Å²) in [5, 5.41) is 30.5. The van der Waals surface area contributed by atoms with Crippen molar-refractivity contribution in [1.29, 1.82) is 0 Å². The standard InChI is InChI=1S/2C2H6O2.2C2H4/c2*3-1-2-4;2*1-2/h2*3-4H,1-2H2;2*1-2H2. The third-order valence-corrected chi connectivity index (χ3v) is 0.200. The Morgan fingerprint density at radius 3 is 0.583 bits per heavy atom. The Hall–Kier alpha value is -0.680. The first-order valence-corrected chi connectivity index (χ1v) is 3.26. The fraction of sp³-hybridized carbons (Fsp3) is 0.500. The van der Waals surface area contributed by atoms with Crippen molar-refractivity contribution in [1.82, 2.24) is 0 Å². The van der Waals surface area contributed by atoms with Crippen LogP contribution in [-0.4, -0.2) is 46.9 Å². The van der Waals surface area contributed by atoms with Gasteiger partial charge in [-0.2, -0.15) is 0 Å². The molecule has 0 saturated carbocycles. The van der Waals surface area contributed by atoms with Gasteiger partial charge in [0.25, 0.3) is 0 Å². The minimum Gasteiger partial charge on any atom is -0.394 e. The van der Waals surface area contributed by atoms with Crippen LogP contribution in [0, 0.1) is 0 Å². The van der Waals surface area contributed by atoms with Gasteiger partial charge in [0, 0.05) is 0 Å². The Kier molecular flexibility index (Phi) is 152. The maximum absolute atomic E-state index is 7.62. The highest BCUT2D eigenvalue weighted by Gasteiger charge is 1.58. The molecule has 0 radical (unpaired) electrons. The van der Waals surface area contributed by atoms with Crippen molar-refractivity contribution >= 4 is 0 Å². The van der Waals surface area contributed by atoms with E-state index in [9.17, 15) is 0 Å². The van der Waals surface area contributed by atoms with Gasteiger partial charge in [0.2, 0.25) is 0 Å². The summed E-state index contributed by atoms with van der Waals surface area (Å²) >= 11 is 0. The van der Waals surface area contributed by atoms with Gasteiger partial charge < -0.3 is 20.4 Å². The van der Waals surface area contributed by atoms with Crippen LogP contribution in [0.25, 0.3) is 0 Å². The Morgan fingerprint density at radius 1 is 0.500 bits per heavy atom.